The van der Waals surface area contributed by atoms with Crippen LogP contribution < -0.4 is 5.73 Å². The van der Waals surface area contributed by atoms with E-state index in [0.29, 0.717) is 0 Å². The Balaban J connectivity index is 1.57. The third kappa shape index (κ3) is 3.11. The zero-order valence-corrected chi connectivity index (χ0v) is 13.6. The molecule has 2 N–H and O–H groups in total. The molecule has 5 heteroatoms. The van der Waals surface area contributed by atoms with E-state index >= 15 is 0 Å². The lowest BCUT2D eigenvalue weighted by Crippen LogP contribution is -2.30. The Morgan fingerprint density at radius 1 is 1.17 bits per heavy atom. The van der Waals surface area contributed by atoms with Crippen molar-refractivity contribution in [2.45, 2.75) is 19.5 Å². The Kier molecular flexibility index (Phi) is 3.81. The zero-order valence-electron chi connectivity index (χ0n) is 12.8. The minimum Gasteiger partial charge on any atom is -0.399 e. The van der Waals surface area contributed by atoms with Gasteiger partial charge < -0.3 is 5.73 Å². The van der Waals surface area contributed by atoms with Gasteiger partial charge in [-0.1, -0.05) is 6.07 Å². The quantitative estimate of drug-likeness (QED) is 0.751. The van der Waals surface area contributed by atoms with Crippen molar-refractivity contribution in [3.8, 4) is 11.4 Å². The molecule has 1 aromatic carbocycles. The summed E-state index contributed by atoms with van der Waals surface area (Å²) < 4.78 is 0. The lowest BCUT2D eigenvalue weighted by molar-refractivity contribution is 0.243. The number of anilines is 1. The second kappa shape index (κ2) is 6.10. The first-order chi connectivity index (χ1) is 11.3. The third-order valence-corrected chi connectivity index (χ3v) is 5.01. The predicted octanol–water partition coefficient (Wildman–Crippen LogP) is 3.35. The molecular formula is C18H18N4S. The maximum absolute atomic E-state index is 5.75. The van der Waals surface area contributed by atoms with Crippen molar-refractivity contribution in [2.24, 2.45) is 0 Å². The van der Waals surface area contributed by atoms with Gasteiger partial charge in [0, 0.05) is 42.0 Å². The van der Waals surface area contributed by atoms with Gasteiger partial charge in [0.05, 0.1) is 5.69 Å². The molecule has 0 unspecified atom stereocenters. The molecule has 3 aromatic rings. The van der Waals surface area contributed by atoms with E-state index in [1.54, 1.807) is 0 Å². The normalized spacial score (nSPS) is 14.6. The Morgan fingerprint density at radius 2 is 2.04 bits per heavy atom. The van der Waals surface area contributed by atoms with Crippen LogP contribution in [0.25, 0.3) is 11.4 Å². The van der Waals surface area contributed by atoms with Crippen molar-refractivity contribution in [2.75, 3.05) is 12.3 Å². The summed E-state index contributed by atoms with van der Waals surface area (Å²) in [6, 6.07) is 12.0. The van der Waals surface area contributed by atoms with Crippen LogP contribution in [0.1, 0.15) is 16.1 Å². The molecule has 0 spiro atoms. The molecule has 116 valence electrons. The van der Waals surface area contributed by atoms with Gasteiger partial charge >= 0.3 is 0 Å². The number of hydrogen-bond acceptors (Lipinski definition) is 5. The van der Waals surface area contributed by atoms with Gasteiger partial charge in [0.15, 0.2) is 5.82 Å². The largest absolute Gasteiger partial charge is 0.399 e. The number of hydrogen-bond donors (Lipinski definition) is 1. The van der Waals surface area contributed by atoms with E-state index in [0.717, 1.165) is 48.8 Å². The lowest BCUT2D eigenvalue weighted by atomic mass is 10.1. The molecule has 3 heterocycles. The van der Waals surface area contributed by atoms with E-state index in [2.05, 4.69) is 27.4 Å². The van der Waals surface area contributed by atoms with E-state index in [4.69, 9.17) is 10.7 Å². The standard InChI is InChI=1S/C18H18N4S/c19-15-5-3-13(4-6-15)18-20-10-14-7-8-22(12-17(14)21-18)11-16-2-1-9-23-16/h1-6,9-10H,7-8,11-12,19H2. The number of fused-ring (bicyclic) bond motifs is 1. The van der Waals surface area contributed by atoms with E-state index in [-0.39, 0.29) is 0 Å². The van der Waals surface area contributed by atoms with Crippen molar-refractivity contribution < 1.29 is 0 Å². The summed E-state index contributed by atoms with van der Waals surface area (Å²) in [5.74, 6) is 0.779. The third-order valence-electron chi connectivity index (χ3n) is 4.15. The van der Waals surface area contributed by atoms with Crippen molar-refractivity contribution in [3.05, 3.63) is 64.1 Å². The number of aromatic nitrogens is 2. The fourth-order valence-corrected chi connectivity index (χ4v) is 3.63. The van der Waals surface area contributed by atoms with Crippen LogP contribution in [0.2, 0.25) is 0 Å². The summed E-state index contributed by atoms with van der Waals surface area (Å²) in [6.45, 7) is 2.95. The molecule has 4 rings (SSSR count). The van der Waals surface area contributed by atoms with Gasteiger partial charge in [0.25, 0.3) is 0 Å². The number of nitrogen functional groups attached to an aromatic ring is 1. The molecule has 0 radical (unpaired) electrons. The molecule has 1 aliphatic rings. The first-order valence-corrected chi connectivity index (χ1v) is 8.61. The van der Waals surface area contributed by atoms with Crippen LogP contribution in [0.3, 0.4) is 0 Å². The second-order valence-corrected chi connectivity index (χ2v) is 6.86. The minimum absolute atomic E-state index is 0.758. The summed E-state index contributed by atoms with van der Waals surface area (Å²) in [6.07, 6.45) is 3.00. The molecule has 2 aromatic heterocycles. The molecule has 4 nitrogen and oxygen atoms in total. The van der Waals surface area contributed by atoms with Crippen LogP contribution in [-0.2, 0) is 19.5 Å². The maximum Gasteiger partial charge on any atom is 0.159 e. The van der Waals surface area contributed by atoms with Crippen LogP contribution in [0, 0.1) is 0 Å². The molecule has 0 saturated heterocycles. The number of thiophene rings is 1. The molecule has 0 bridgehead atoms. The summed E-state index contributed by atoms with van der Waals surface area (Å²) in [5.41, 5.74) is 9.94. The Morgan fingerprint density at radius 3 is 2.83 bits per heavy atom. The van der Waals surface area contributed by atoms with E-state index in [9.17, 15) is 0 Å². The molecular weight excluding hydrogens is 304 g/mol. The Bertz CT molecular complexity index is 796. The van der Waals surface area contributed by atoms with Gasteiger partial charge in [0.2, 0.25) is 0 Å². The van der Waals surface area contributed by atoms with Gasteiger partial charge in [-0.25, -0.2) is 9.97 Å². The van der Waals surface area contributed by atoms with Crippen molar-refractivity contribution in [1.29, 1.82) is 0 Å². The van der Waals surface area contributed by atoms with Crippen LogP contribution >= 0.6 is 11.3 Å². The highest BCUT2D eigenvalue weighted by molar-refractivity contribution is 7.09. The van der Waals surface area contributed by atoms with Gasteiger partial charge in [-0.3, -0.25) is 4.90 Å². The lowest BCUT2D eigenvalue weighted by Gasteiger charge is -2.27. The summed E-state index contributed by atoms with van der Waals surface area (Å²) in [7, 11) is 0. The highest BCUT2D eigenvalue weighted by Gasteiger charge is 2.19. The average Bonchev–Trinajstić information content (AvgIpc) is 3.08. The predicted molar refractivity (Wildman–Crippen MR) is 94.0 cm³/mol. The summed E-state index contributed by atoms with van der Waals surface area (Å²) in [4.78, 5) is 13.2. The molecule has 0 aliphatic carbocycles. The minimum atomic E-state index is 0.758. The van der Waals surface area contributed by atoms with Crippen LogP contribution in [-0.4, -0.2) is 21.4 Å². The van der Waals surface area contributed by atoms with Crippen LogP contribution in [0.15, 0.2) is 48.0 Å². The summed E-state index contributed by atoms with van der Waals surface area (Å²) in [5, 5.41) is 2.13. The van der Waals surface area contributed by atoms with Gasteiger partial charge in [-0.05, 0) is 47.7 Å². The van der Waals surface area contributed by atoms with Gasteiger partial charge in [-0.15, -0.1) is 11.3 Å². The first kappa shape index (κ1) is 14.4. The first-order valence-electron chi connectivity index (χ1n) is 7.73. The molecule has 0 saturated carbocycles. The number of rotatable bonds is 3. The topological polar surface area (TPSA) is 55.0 Å². The average molecular weight is 322 g/mol. The second-order valence-electron chi connectivity index (χ2n) is 5.83. The number of benzene rings is 1. The molecule has 1 aliphatic heterocycles. The zero-order chi connectivity index (χ0) is 15.6. The van der Waals surface area contributed by atoms with Crippen molar-refractivity contribution in [1.82, 2.24) is 14.9 Å². The Labute approximate surface area is 139 Å². The molecule has 23 heavy (non-hydrogen) atoms. The maximum atomic E-state index is 5.75. The monoisotopic (exact) mass is 322 g/mol. The molecule has 0 atom stereocenters. The van der Waals surface area contributed by atoms with E-state index in [1.165, 1.54) is 10.4 Å². The van der Waals surface area contributed by atoms with E-state index < -0.39 is 0 Å². The number of nitrogens with zero attached hydrogens (tertiary/aromatic N) is 3. The van der Waals surface area contributed by atoms with Crippen LogP contribution in [0.4, 0.5) is 5.69 Å². The molecule has 0 amide bonds. The van der Waals surface area contributed by atoms with Crippen molar-refractivity contribution in [3.63, 3.8) is 0 Å². The van der Waals surface area contributed by atoms with Crippen molar-refractivity contribution >= 4 is 17.0 Å². The fraction of sp³-hybridized carbons (Fsp3) is 0.222. The highest BCUT2D eigenvalue weighted by Crippen LogP contribution is 2.23. The number of nitrogens with two attached hydrogens (primary N) is 1. The smallest absolute Gasteiger partial charge is 0.159 e. The van der Waals surface area contributed by atoms with Gasteiger partial charge in [0.1, 0.15) is 0 Å². The SMILES string of the molecule is Nc1ccc(-c2ncc3c(n2)CN(Cc2cccs2)CC3)cc1. The van der Waals surface area contributed by atoms with Crippen LogP contribution in [0.5, 0.6) is 0 Å². The fourth-order valence-electron chi connectivity index (χ4n) is 2.89. The summed E-state index contributed by atoms with van der Waals surface area (Å²) >= 11 is 1.81. The van der Waals surface area contributed by atoms with E-state index in [1.807, 2.05) is 41.8 Å². The highest BCUT2D eigenvalue weighted by atomic mass is 32.1. The van der Waals surface area contributed by atoms with Gasteiger partial charge in [-0.2, -0.15) is 0 Å². The molecule has 0 fully saturated rings. The Hall–Kier alpha value is -2.24.